The molecule has 0 amide bonds. The summed E-state index contributed by atoms with van der Waals surface area (Å²) in [7, 11) is -3.50. The Morgan fingerprint density at radius 3 is 2.07 bits per heavy atom. The average Bonchev–Trinajstić information content (AvgIpc) is 2.76. The largest absolute Gasteiger partial charge is 0.286 e. The molecule has 0 saturated carbocycles. The summed E-state index contributed by atoms with van der Waals surface area (Å²) in [6.45, 7) is 0. The van der Waals surface area contributed by atoms with Gasteiger partial charge in [-0.3, -0.25) is 5.10 Å². The van der Waals surface area contributed by atoms with E-state index in [0.29, 0.717) is 0 Å². The number of nitrogens with one attached hydrogen (secondary N) is 1. The second kappa shape index (κ2) is 5.28. The van der Waals surface area contributed by atoms with E-state index in [1.165, 1.54) is 12.1 Å². The summed E-state index contributed by atoms with van der Waals surface area (Å²) in [5.41, 5.74) is 0. The van der Waals surface area contributed by atoms with Gasteiger partial charge < -0.3 is 0 Å². The SMILES string of the molecule is NS(=O)(=O)c1ccccc1.c1cn[nH]c1. The lowest BCUT2D eigenvalue weighted by molar-refractivity contribution is 0.598. The molecule has 6 heteroatoms. The number of hydrogen-bond acceptors (Lipinski definition) is 3. The molecule has 0 spiro atoms. The summed E-state index contributed by atoms with van der Waals surface area (Å²) >= 11 is 0. The summed E-state index contributed by atoms with van der Waals surface area (Å²) in [6, 6.07) is 9.72. The van der Waals surface area contributed by atoms with Gasteiger partial charge in [0.05, 0.1) is 4.90 Å². The smallest absolute Gasteiger partial charge is 0.238 e. The van der Waals surface area contributed by atoms with Crippen molar-refractivity contribution in [1.29, 1.82) is 0 Å². The van der Waals surface area contributed by atoms with Crippen LogP contribution in [0.25, 0.3) is 0 Å². The van der Waals surface area contributed by atoms with Crippen LogP contribution in [0.15, 0.2) is 53.7 Å². The van der Waals surface area contributed by atoms with Gasteiger partial charge in [0.1, 0.15) is 0 Å². The van der Waals surface area contributed by atoms with Crippen LogP contribution in [0.1, 0.15) is 0 Å². The molecule has 0 atom stereocenters. The number of hydrogen-bond donors (Lipinski definition) is 2. The van der Waals surface area contributed by atoms with Crippen molar-refractivity contribution < 1.29 is 8.42 Å². The molecule has 0 unspecified atom stereocenters. The molecule has 0 aliphatic heterocycles. The molecular formula is C9H11N3O2S. The van der Waals surface area contributed by atoms with E-state index in [1.807, 2.05) is 6.07 Å². The van der Waals surface area contributed by atoms with Gasteiger partial charge in [-0.1, -0.05) is 18.2 Å². The van der Waals surface area contributed by atoms with Gasteiger partial charge in [-0.05, 0) is 18.2 Å². The minimum Gasteiger partial charge on any atom is -0.286 e. The van der Waals surface area contributed by atoms with Gasteiger partial charge in [0.15, 0.2) is 0 Å². The molecule has 2 aromatic rings. The van der Waals surface area contributed by atoms with E-state index in [1.54, 1.807) is 30.6 Å². The molecule has 3 N–H and O–H groups in total. The Morgan fingerprint density at radius 1 is 1.13 bits per heavy atom. The van der Waals surface area contributed by atoms with Crippen molar-refractivity contribution in [1.82, 2.24) is 10.2 Å². The molecule has 0 aliphatic rings. The fourth-order valence-electron chi connectivity index (χ4n) is 0.825. The summed E-state index contributed by atoms with van der Waals surface area (Å²) < 4.78 is 21.2. The van der Waals surface area contributed by atoms with Crippen molar-refractivity contribution >= 4 is 10.0 Å². The van der Waals surface area contributed by atoms with Crippen molar-refractivity contribution in [2.75, 3.05) is 0 Å². The highest BCUT2D eigenvalue weighted by molar-refractivity contribution is 7.89. The van der Waals surface area contributed by atoms with Crippen LogP contribution in [-0.4, -0.2) is 18.6 Å². The van der Waals surface area contributed by atoms with E-state index >= 15 is 0 Å². The maximum atomic E-state index is 10.6. The van der Waals surface area contributed by atoms with Gasteiger partial charge >= 0.3 is 0 Å². The van der Waals surface area contributed by atoms with Crippen LogP contribution in [0.2, 0.25) is 0 Å². The van der Waals surface area contributed by atoms with Crippen LogP contribution in [0.3, 0.4) is 0 Å². The number of nitrogens with two attached hydrogens (primary N) is 1. The van der Waals surface area contributed by atoms with E-state index in [0.717, 1.165) is 0 Å². The van der Waals surface area contributed by atoms with Crippen LogP contribution >= 0.6 is 0 Å². The summed E-state index contributed by atoms with van der Waals surface area (Å²) in [4.78, 5) is 0.148. The Kier molecular flexibility index (Phi) is 4.02. The van der Waals surface area contributed by atoms with E-state index in [9.17, 15) is 8.42 Å². The lowest BCUT2D eigenvalue weighted by atomic mass is 10.4. The third-order valence-electron chi connectivity index (χ3n) is 1.48. The summed E-state index contributed by atoms with van der Waals surface area (Å²) in [5.74, 6) is 0. The van der Waals surface area contributed by atoms with E-state index in [-0.39, 0.29) is 4.90 Å². The first-order valence-corrected chi connectivity index (χ1v) is 5.67. The van der Waals surface area contributed by atoms with Crippen LogP contribution in [-0.2, 0) is 10.0 Å². The predicted octanol–water partition coefficient (Wildman–Crippen LogP) is 0.744. The van der Waals surface area contributed by atoms with Crippen molar-refractivity contribution in [2.24, 2.45) is 5.14 Å². The van der Waals surface area contributed by atoms with Crippen LogP contribution in [0.4, 0.5) is 0 Å². The highest BCUT2D eigenvalue weighted by Crippen LogP contribution is 2.02. The number of nitrogens with zero attached hydrogens (tertiary/aromatic N) is 1. The molecule has 80 valence electrons. The predicted molar refractivity (Wildman–Crippen MR) is 56.4 cm³/mol. The first-order valence-electron chi connectivity index (χ1n) is 4.12. The molecule has 1 heterocycles. The second-order valence-electron chi connectivity index (χ2n) is 2.62. The third-order valence-corrected chi connectivity index (χ3v) is 2.41. The van der Waals surface area contributed by atoms with Gasteiger partial charge in [0, 0.05) is 12.4 Å². The van der Waals surface area contributed by atoms with Crippen molar-refractivity contribution in [3.05, 3.63) is 48.8 Å². The number of H-pyrrole nitrogens is 1. The number of rotatable bonds is 1. The van der Waals surface area contributed by atoms with E-state index in [2.05, 4.69) is 10.2 Å². The number of benzene rings is 1. The maximum Gasteiger partial charge on any atom is 0.238 e. The Morgan fingerprint density at radius 2 is 1.80 bits per heavy atom. The van der Waals surface area contributed by atoms with Gasteiger partial charge in [0.25, 0.3) is 0 Å². The Bertz CT molecular complexity index is 448. The van der Waals surface area contributed by atoms with E-state index < -0.39 is 10.0 Å². The van der Waals surface area contributed by atoms with Crippen molar-refractivity contribution in [2.45, 2.75) is 4.90 Å². The quantitative estimate of drug-likeness (QED) is 0.750. The molecule has 1 aromatic carbocycles. The fourth-order valence-corrected chi connectivity index (χ4v) is 1.36. The zero-order valence-electron chi connectivity index (χ0n) is 7.87. The molecule has 15 heavy (non-hydrogen) atoms. The first kappa shape index (κ1) is 11.4. The van der Waals surface area contributed by atoms with Crippen LogP contribution < -0.4 is 5.14 Å². The minimum atomic E-state index is -3.50. The lowest BCUT2D eigenvalue weighted by Crippen LogP contribution is -2.11. The summed E-state index contributed by atoms with van der Waals surface area (Å²) in [5, 5.41) is 11.0. The molecular weight excluding hydrogens is 214 g/mol. The number of aromatic amines is 1. The van der Waals surface area contributed by atoms with Gasteiger partial charge in [-0.25, -0.2) is 13.6 Å². The number of aromatic nitrogens is 2. The van der Waals surface area contributed by atoms with Gasteiger partial charge in [0.2, 0.25) is 10.0 Å². The molecule has 1 aromatic heterocycles. The minimum absolute atomic E-state index is 0.148. The fraction of sp³-hybridized carbons (Fsp3) is 0. The van der Waals surface area contributed by atoms with E-state index in [4.69, 9.17) is 5.14 Å². The first-order chi connectivity index (χ1) is 7.11. The normalized spacial score (nSPS) is 10.2. The molecule has 2 rings (SSSR count). The molecule has 0 fully saturated rings. The lowest BCUT2D eigenvalue weighted by Gasteiger charge is -1.93. The third kappa shape index (κ3) is 4.39. The van der Waals surface area contributed by atoms with Crippen molar-refractivity contribution in [3.8, 4) is 0 Å². The molecule has 5 nitrogen and oxygen atoms in total. The molecule has 0 saturated heterocycles. The zero-order valence-corrected chi connectivity index (χ0v) is 8.68. The molecule has 0 bridgehead atoms. The molecule has 0 aliphatic carbocycles. The van der Waals surface area contributed by atoms with Crippen molar-refractivity contribution in [3.63, 3.8) is 0 Å². The number of sulfonamides is 1. The monoisotopic (exact) mass is 225 g/mol. The Balaban J connectivity index is 0.000000187. The topological polar surface area (TPSA) is 88.8 Å². The zero-order chi connectivity index (χ0) is 11.1. The molecule has 0 radical (unpaired) electrons. The average molecular weight is 225 g/mol. The summed E-state index contributed by atoms with van der Waals surface area (Å²) in [6.07, 6.45) is 3.46. The highest BCUT2D eigenvalue weighted by atomic mass is 32.2. The van der Waals surface area contributed by atoms with Crippen LogP contribution in [0.5, 0.6) is 0 Å². The number of primary sulfonamides is 1. The Hall–Kier alpha value is -1.66. The standard InChI is InChI=1S/C6H7NO2S.C3H4N2/c7-10(8,9)6-4-2-1-3-5-6;1-2-4-5-3-1/h1-5H,(H2,7,8,9);1-3H,(H,4,5). The van der Waals surface area contributed by atoms with Crippen LogP contribution in [0, 0.1) is 0 Å². The maximum absolute atomic E-state index is 10.6. The Labute approximate surface area is 88.0 Å². The second-order valence-corrected chi connectivity index (χ2v) is 4.19. The van der Waals surface area contributed by atoms with Gasteiger partial charge in [-0.2, -0.15) is 5.10 Å². The van der Waals surface area contributed by atoms with Gasteiger partial charge in [-0.15, -0.1) is 0 Å². The highest BCUT2D eigenvalue weighted by Gasteiger charge is 2.03.